The molecular weight excluding hydrogens is 260 g/mol. The van der Waals surface area contributed by atoms with Gasteiger partial charge in [0.1, 0.15) is 11.1 Å². The van der Waals surface area contributed by atoms with Crippen molar-refractivity contribution in [1.29, 1.82) is 0 Å². The first-order chi connectivity index (χ1) is 9.31. The zero-order valence-corrected chi connectivity index (χ0v) is 11.8. The van der Waals surface area contributed by atoms with Crippen molar-refractivity contribution >= 4 is 5.91 Å². The average molecular weight is 276 g/mol. The third-order valence-corrected chi connectivity index (χ3v) is 2.86. The van der Waals surface area contributed by atoms with Gasteiger partial charge in [0, 0.05) is 13.2 Å². The lowest BCUT2D eigenvalue weighted by molar-refractivity contribution is 0.0892. The molecule has 106 valence electrons. The first-order valence-electron chi connectivity index (χ1n) is 6.10. The fourth-order valence-corrected chi connectivity index (χ4v) is 1.73. The van der Waals surface area contributed by atoms with Crippen LogP contribution in [0.4, 0.5) is 0 Å². The fourth-order valence-electron chi connectivity index (χ4n) is 1.73. The van der Waals surface area contributed by atoms with Crippen molar-refractivity contribution < 1.29 is 9.32 Å². The van der Waals surface area contributed by atoms with Gasteiger partial charge < -0.3 is 14.4 Å². The Kier molecular flexibility index (Phi) is 3.44. The molecule has 2 heterocycles. The van der Waals surface area contributed by atoms with Crippen LogP contribution in [-0.2, 0) is 12.6 Å². The smallest absolute Gasteiger partial charge is 0.263 e. The molecule has 0 spiro atoms. The van der Waals surface area contributed by atoms with Crippen molar-refractivity contribution in [3.05, 3.63) is 46.0 Å². The molecule has 0 saturated carbocycles. The first kappa shape index (κ1) is 14.0. The highest BCUT2D eigenvalue weighted by Gasteiger charge is 2.30. The molecule has 7 heteroatoms. The van der Waals surface area contributed by atoms with E-state index in [2.05, 4.69) is 15.5 Å². The minimum atomic E-state index is -0.862. The standard InChI is InChI=1S/C13H16N4O3/c1-8-14-12(20-16-8)13(2,3)15-10(18)9-6-5-7-17(4)11(9)19/h5-7H,1-4H3,(H,15,18). The second kappa shape index (κ2) is 4.92. The molecule has 0 aliphatic heterocycles. The number of rotatable bonds is 3. The maximum Gasteiger partial charge on any atom is 0.263 e. The lowest BCUT2D eigenvalue weighted by Gasteiger charge is -2.21. The van der Waals surface area contributed by atoms with Crippen LogP contribution in [0.5, 0.6) is 0 Å². The highest BCUT2D eigenvalue weighted by molar-refractivity contribution is 5.94. The molecule has 0 bridgehead atoms. The Morgan fingerprint density at radius 2 is 2.15 bits per heavy atom. The van der Waals surface area contributed by atoms with Crippen LogP contribution in [0.15, 0.2) is 27.6 Å². The van der Waals surface area contributed by atoms with Gasteiger partial charge >= 0.3 is 0 Å². The summed E-state index contributed by atoms with van der Waals surface area (Å²) in [6.45, 7) is 5.15. The third kappa shape index (κ3) is 2.61. The molecule has 2 aromatic heterocycles. The molecular formula is C13H16N4O3. The lowest BCUT2D eigenvalue weighted by atomic mass is 10.0. The van der Waals surface area contributed by atoms with Crippen molar-refractivity contribution in [2.45, 2.75) is 26.3 Å². The normalized spacial score (nSPS) is 11.4. The molecule has 20 heavy (non-hydrogen) atoms. The predicted octanol–water partition coefficient (Wildman–Crippen LogP) is 0.742. The molecule has 0 unspecified atom stereocenters. The molecule has 0 aliphatic rings. The summed E-state index contributed by atoms with van der Waals surface area (Å²) in [6.07, 6.45) is 1.59. The minimum Gasteiger partial charge on any atom is -0.338 e. The summed E-state index contributed by atoms with van der Waals surface area (Å²) >= 11 is 0. The topological polar surface area (TPSA) is 90.0 Å². The van der Waals surface area contributed by atoms with Crippen LogP contribution in [-0.4, -0.2) is 20.6 Å². The number of nitrogens with zero attached hydrogens (tertiary/aromatic N) is 3. The van der Waals surface area contributed by atoms with E-state index in [1.165, 1.54) is 10.6 Å². The second-order valence-electron chi connectivity index (χ2n) is 5.06. The van der Waals surface area contributed by atoms with E-state index >= 15 is 0 Å². The van der Waals surface area contributed by atoms with Gasteiger partial charge in [0.15, 0.2) is 5.82 Å². The Morgan fingerprint density at radius 3 is 2.75 bits per heavy atom. The number of aromatic nitrogens is 3. The molecule has 1 N–H and O–H groups in total. The summed E-state index contributed by atoms with van der Waals surface area (Å²) in [5.41, 5.74) is -1.15. The largest absolute Gasteiger partial charge is 0.338 e. The van der Waals surface area contributed by atoms with Gasteiger partial charge in [0.25, 0.3) is 17.4 Å². The highest BCUT2D eigenvalue weighted by Crippen LogP contribution is 2.18. The van der Waals surface area contributed by atoms with Crippen molar-refractivity contribution in [1.82, 2.24) is 20.0 Å². The molecule has 2 aromatic rings. The number of hydrogen-bond acceptors (Lipinski definition) is 5. The van der Waals surface area contributed by atoms with Gasteiger partial charge in [0.05, 0.1) is 0 Å². The van der Waals surface area contributed by atoms with Gasteiger partial charge in [-0.25, -0.2) is 0 Å². The van der Waals surface area contributed by atoms with Crippen molar-refractivity contribution in [3.8, 4) is 0 Å². The Bertz CT molecular complexity index is 700. The van der Waals surface area contributed by atoms with Crippen LogP contribution in [0, 0.1) is 6.92 Å². The van der Waals surface area contributed by atoms with E-state index in [1.807, 2.05) is 0 Å². The molecule has 0 aromatic carbocycles. The Hall–Kier alpha value is -2.44. The van der Waals surface area contributed by atoms with Gasteiger partial charge in [-0.1, -0.05) is 5.16 Å². The minimum absolute atomic E-state index is 0.0688. The first-order valence-corrected chi connectivity index (χ1v) is 6.10. The van der Waals surface area contributed by atoms with Crippen molar-refractivity contribution in [2.24, 2.45) is 7.05 Å². The Morgan fingerprint density at radius 1 is 1.45 bits per heavy atom. The molecule has 0 saturated heterocycles. The lowest BCUT2D eigenvalue weighted by Crippen LogP contribution is -2.43. The molecule has 0 fully saturated rings. The fraction of sp³-hybridized carbons (Fsp3) is 0.385. The van der Waals surface area contributed by atoms with Gasteiger partial charge in [-0.3, -0.25) is 9.59 Å². The number of amides is 1. The SMILES string of the molecule is Cc1noc(C(C)(C)NC(=O)c2cccn(C)c2=O)n1. The number of hydrogen-bond donors (Lipinski definition) is 1. The predicted molar refractivity (Wildman–Crippen MR) is 71.2 cm³/mol. The third-order valence-electron chi connectivity index (χ3n) is 2.86. The monoisotopic (exact) mass is 276 g/mol. The van der Waals surface area contributed by atoms with Crippen LogP contribution in [0.2, 0.25) is 0 Å². The van der Waals surface area contributed by atoms with Gasteiger partial charge in [-0.05, 0) is 32.9 Å². The summed E-state index contributed by atoms with van der Waals surface area (Å²) in [5, 5.41) is 6.41. The van der Waals surface area contributed by atoms with Gasteiger partial charge in [-0.2, -0.15) is 4.98 Å². The number of carbonyl (C=O) groups is 1. The van der Waals surface area contributed by atoms with Gasteiger partial charge in [-0.15, -0.1) is 0 Å². The summed E-state index contributed by atoms with van der Waals surface area (Å²) in [7, 11) is 1.59. The molecule has 0 radical (unpaired) electrons. The zero-order chi connectivity index (χ0) is 14.9. The number of pyridine rings is 1. The molecule has 0 atom stereocenters. The molecule has 0 aliphatic carbocycles. The van der Waals surface area contributed by atoms with Crippen LogP contribution < -0.4 is 10.9 Å². The van der Waals surface area contributed by atoms with E-state index in [1.54, 1.807) is 40.1 Å². The summed E-state index contributed by atoms with van der Waals surface area (Å²) in [4.78, 5) is 28.2. The molecule has 1 amide bonds. The van der Waals surface area contributed by atoms with E-state index in [-0.39, 0.29) is 17.0 Å². The highest BCUT2D eigenvalue weighted by atomic mass is 16.5. The van der Waals surface area contributed by atoms with Crippen LogP contribution >= 0.6 is 0 Å². The quantitative estimate of drug-likeness (QED) is 0.893. The van der Waals surface area contributed by atoms with Crippen molar-refractivity contribution in [3.63, 3.8) is 0 Å². The Labute approximate surface area is 115 Å². The van der Waals surface area contributed by atoms with E-state index in [0.717, 1.165) is 0 Å². The number of nitrogens with one attached hydrogen (secondary N) is 1. The maximum absolute atomic E-state index is 12.2. The summed E-state index contributed by atoms with van der Waals surface area (Å²) in [6, 6.07) is 3.12. The molecule has 2 rings (SSSR count). The van der Waals surface area contributed by atoms with Crippen LogP contribution in [0.25, 0.3) is 0 Å². The number of aryl methyl sites for hydroxylation is 2. The van der Waals surface area contributed by atoms with Gasteiger partial charge in [0.2, 0.25) is 0 Å². The van der Waals surface area contributed by atoms with Crippen LogP contribution in [0.1, 0.15) is 35.9 Å². The maximum atomic E-state index is 12.2. The van der Waals surface area contributed by atoms with Crippen LogP contribution in [0.3, 0.4) is 0 Å². The van der Waals surface area contributed by atoms with E-state index in [0.29, 0.717) is 5.82 Å². The summed E-state index contributed by atoms with van der Waals surface area (Å²) in [5.74, 6) is 0.293. The van der Waals surface area contributed by atoms with E-state index < -0.39 is 11.4 Å². The van der Waals surface area contributed by atoms with E-state index in [4.69, 9.17) is 4.52 Å². The van der Waals surface area contributed by atoms with Crippen molar-refractivity contribution in [2.75, 3.05) is 0 Å². The summed E-state index contributed by atoms with van der Waals surface area (Å²) < 4.78 is 6.41. The Balaban J connectivity index is 2.27. The number of carbonyl (C=O) groups excluding carboxylic acids is 1. The average Bonchev–Trinajstić information content (AvgIpc) is 2.79. The van der Waals surface area contributed by atoms with E-state index in [9.17, 15) is 9.59 Å². The zero-order valence-electron chi connectivity index (χ0n) is 11.8. The second-order valence-corrected chi connectivity index (χ2v) is 5.06. The molecule has 7 nitrogen and oxygen atoms in total.